The van der Waals surface area contributed by atoms with Crippen molar-refractivity contribution in [2.75, 3.05) is 4.72 Å². The van der Waals surface area contributed by atoms with Gasteiger partial charge in [0.2, 0.25) is 0 Å². The average Bonchev–Trinajstić information content (AvgIpc) is 2.40. The van der Waals surface area contributed by atoms with E-state index in [1.54, 1.807) is 0 Å². The fourth-order valence-electron chi connectivity index (χ4n) is 1.58. The molecule has 2 aromatic carbocycles. The Labute approximate surface area is 118 Å². The van der Waals surface area contributed by atoms with Crippen molar-refractivity contribution in [2.24, 2.45) is 0 Å². The van der Waals surface area contributed by atoms with Crippen LogP contribution in [0.5, 0.6) is 0 Å². The highest BCUT2D eigenvalue weighted by Crippen LogP contribution is 2.20. The van der Waals surface area contributed by atoms with Crippen LogP contribution in [0.15, 0.2) is 47.4 Å². The molecule has 110 valence electrons. The highest BCUT2D eigenvalue weighted by atomic mass is 32.2. The molecule has 0 fully saturated rings. The van der Waals surface area contributed by atoms with Gasteiger partial charge in [0.25, 0.3) is 10.0 Å². The minimum atomic E-state index is -4.24. The monoisotopic (exact) mass is 313 g/mol. The Morgan fingerprint density at radius 3 is 2.19 bits per heavy atom. The molecule has 21 heavy (non-hydrogen) atoms. The van der Waals surface area contributed by atoms with Crippen LogP contribution in [0.2, 0.25) is 0 Å². The van der Waals surface area contributed by atoms with Gasteiger partial charge in [-0.15, -0.1) is 0 Å². The van der Waals surface area contributed by atoms with Crippen LogP contribution in [-0.2, 0) is 10.0 Å². The third-order valence-electron chi connectivity index (χ3n) is 2.56. The number of sulfonamides is 1. The van der Waals surface area contributed by atoms with E-state index in [0.717, 1.165) is 24.3 Å². The normalized spacial score (nSPS) is 11.1. The Balaban J connectivity index is 2.35. The molecule has 0 aromatic heterocycles. The van der Waals surface area contributed by atoms with Gasteiger partial charge in [-0.3, -0.25) is 4.72 Å². The summed E-state index contributed by atoms with van der Waals surface area (Å²) in [4.78, 5) is 9.97. The van der Waals surface area contributed by atoms with Crippen LogP contribution in [0, 0.1) is 11.6 Å². The Morgan fingerprint density at radius 1 is 1.05 bits per heavy atom. The van der Waals surface area contributed by atoms with Crippen molar-refractivity contribution in [1.29, 1.82) is 0 Å². The number of hydrogen-bond acceptors (Lipinski definition) is 3. The number of hydrogen-bond donors (Lipinski definition) is 2. The molecule has 0 bridgehead atoms. The fraction of sp³-hybridized carbons (Fsp3) is 0. The first-order valence-electron chi connectivity index (χ1n) is 5.61. The van der Waals surface area contributed by atoms with Crippen LogP contribution in [0.1, 0.15) is 10.4 Å². The molecule has 0 saturated carbocycles. The lowest BCUT2D eigenvalue weighted by molar-refractivity contribution is 0.0696. The largest absolute Gasteiger partial charge is 0.478 e. The van der Waals surface area contributed by atoms with E-state index in [4.69, 9.17) is 5.11 Å². The maximum absolute atomic E-state index is 13.7. The molecule has 0 unspecified atom stereocenters. The van der Waals surface area contributed by atoms with Crippen molar-refractivity contribution in [3.05, 3.63) is 59.7 Å². The van der Waals surface area contributed by atoms with E-state index < -0.39 is 32.5 Å². The maximum Gasteiger partial charge on any atom is 0.335 e. The second-order valence-electron chi connectivity index (χ2n) is 4.06. The summed E-state index contributed by atoms with van der Waals surface area (Å²) in [5.74, 6) is -3.11. The van der Waals surface area contributed by atoms with Gasteiger partial charge in [-0.1, -0.05) is 0 Å². The van der Waals surface area contributed by atoms with Crippen molar-refractivity contribution in [3.8, 4) is 0 Å². The standard InChI is InChI=1S/C13H9F2NO4S/c14-9-2-4-10(5-3-9)16-21(19,20)12-6-1-8(13(17)18)7-11(12)15/h1-7,16H,(H,17,18). The van der Waals surface area contributed by atoms with Crippen molar-refractivity contribution < 1.29 is 27.1 Å². The van der Waals surface area contributed by atoms with E-state index in [2.05, 4.69) is 4.72 Å². The van der Waals surface area contributed by atoms with Crippen LogP contribution < -0.4 is 4.72 Å². The lowest BCUT2D eigenvalue weighted by Gasteiger charge is -2.09. The van der Waals surface area contributed by atoms with E-state index in [9.17, 15) is 22.0 Å². The number of carboxylic acids is 1. The predicted molar refractivity (Wildman–Crippen MR) is 70.6 cm³/mol. The quantitative estimate of drug-likeness (QED) is 0.908. The Kier molecular flexibility index (Phi) is 3.90. The molecule has 2 rings (SSSR count). The summed E-state index contributed by atoms with van der Waals surface area (Å²) < 4.78 is 52.5. The molecule has 8 heteroatoms. The van der Waals surface area contributed by atoms with Gasteiger partial charge < -0.3 is 5.11 Å². The van der Waals surface area contributed by atoms with Gasteiger partial charge in [0.15, 0.2) is 0 Å². The molecule has 0 saturated heterocycles. The molecule has 0 spiro atoms. The van der Waals surface area contributed by atoms with Gasteiger partial charge in [0.1, 0.15) is 16.5 Å². The van der Waals surface area contributed by atoms with E-state index >= 15 is 0 Å². The van der Waals surface area contributed by atoms with E-state index in [-0.39, 0.29) is 11.3 Å². The number of halogens is 2. The fourth-order valence-corrected chi connectivity index (χ4v) is 2.70. The van der Waals surface area contributed by atoms with Crippen molar-refractivity contribution in [3.63, 3.8) is 0 Å². The smallest absolute Gasteiger partial charge is 0.335 e. The zero-order valence-electron chi connectivity index (χ0n) is 10.4. The zero-order chi connectivity index (χ0) is 15.6. The topological polar surface area (TPSA) is 83.5 Å². The van der Waals surface area contributed by atoms with E-state index in [1.807, 2.05) is 0 Å². The first-order chi connectivity index (χ1) is 9.79. The highest BCUT2D eigenvalue weighted by molar-refractivity contribution is 7.92. The molecule has 0 aliphatic rings. The first-order valence-corrected chi connectivity index (χ1v) is 7.09. The number of benzene rings is 2. The Bertz CT molecular complexity index is 788. The number of carbonyl (C=O) groups is 1. The molecule has 2 aromatic rings. The van der Waals surface area contributed by atoms with Gasteiger partial charge in [0, 0.05) is 5.69 Å². The number of carboxylic acid groups (broad SMARTS) is 1. The molecule has 5 nitrogen and oxygen atoms in total. The molecule has 2 N–H and O–H groups in total. The summed E-state index contributed by atoms with van der Waals surface area (Å²) in [7, 11) is -4.24. The molecular weight excluding hydrogens is 304 g/mol. The third-order valence-corrected chi connectivity index (χ3v) is 3.98. The molecule has 0 heterocycles. The number of aromatic carboxylic acids is 1. The van der Waals surface area contributed by atoms with Crippen LogP contribution in [0.4, 0.5) is 14.5 Å². The summed E-state index contributed by atoms with van der Waals surface area (Å²) in [5.41, 5.74) is -0.314. The molecule has 0 amide bonds. The van der Waals surface area contributed by atoms with Crippen LogP contribution in [0.3, 0.4) is 0 Å². The van der Waals surface area contributed by atoms with Gasteiger partial charge in [-0.05, 0) is 42.5 Å². The second kappa shape index (κ2) is 5.49. The minimum absolute atomic E-state index is 0.0538. The lowest BCUT2D eigenvalue weighted by Crippen LogP contribution is -2.15. The predicted octanol–water partition coefficient (Wildman–Crippen LogP) is 2.46. The van der Waals surface area contributed by atoms with Gasteiger partial charge in [-0.25, -0.2) is 22.0 Å². The van der Waals surface area contributed by atoms with Crippen LogP contribution in [-0.4, -0.2) is 19.5 Å². The summed E-state index contributed by atoms with van der Waals surface area (Å²) in [6.07, 6.45) is 0. The number of rotatable bonds is 4. The van der Waals surface area contributed by atoms with Crippen LogP contribution >= 0.6 is 0 Å². The first kappa shape index (κ1) is 14.9. The van der Waals surface area contributed by atoms with E-state index in [1.165, 1.54) is 12.1 Å². The van der Waals surface area contributed by atoms with Crippen molar-refractivity contribution in [2.45, 2.75) is 4.90 Å². The third kappa shape index (κ3) is 3.34. The molecule has 0 aliphatic heterocycles. The molecule has 0 radical (unpaired) electrons. The average molecular weight is 313 g/mol. The summed E-state index contributed by atoms with van der Waals surface area (Å²) in [5, 5.41) is 8.70. The SMILES string of the molecule is O=C(O)c1ccc(S(=O)(=O)Nc2ccc(F)cc2)c(F)c1. The Hall–Kier alpha value is -2.48. The summed E-state index contributed by atoms with van der Waals surface area (Å²) in [6.45, 7) is 0. The van der Waals surface area contributed by atoms with E-state index in [0.29, 0.717) is 6.07 Å². The van der Waals surface area contributed by atoms with Crippen molar-refractivity contribution in [1.82, 2.24) is 0 Å². The molecule has 0 aliphatic carbocycles. The summed E-state index contributed by atoms with van der Waals surface area (Å²) in [6, 6.07) is 6.88. The summed E-state index contributed by atoms with van der Waals surface area (Å²) >= 11 is 0. The van der Waals surface area contributed by atoms with Gasteiger partial charge in [0.05, 0.1) is 5.56 Å². The minimum Gasteiger partial charge on any atom is -0.478 e. The van der Waals surface area contributed by atoms with Gasteiger partial charge in [-0.2, -0.15) is 0 Å². The number of anilines is 1. The van der Waals surface area contributed by atoms with Crippen LogP contribution in [0.25, 0.3) is 0 Å². The number of nitrogens with one attached hydrogen (secondary N) is 1. The zero-order valence-corrected chi connectivity index (χ0v) is 11.2. The molecular formula is C13H9F2NO4S. The highest BCUT2D eigenvalue weighted by Gasteiger charge is 2.20. The lowest BCUT2D eigenvalue weighted by atomic mass is 10.2. The van der Waals surface area contributed by atoms with Crippen molar-refractivity contribution >= 4 is 21.7 Å². The van der Waals surface area contributed by atoms with Gasteiger partial charge >= 0.3 is 5.97 Å². The molecule has 0 atom stereocenters. The Morgan fingerprint density at radius 2 is 1.67 bits per heavy atom. The second-order valence-corrected chi connectivity index (χ2v) is 5.71. The maximum atomic E-state index is 13.7.